The molecule has 3 nitrogen and oxygen atoms in total. The highest BCUT2D eigenvalue weighted by Gasteiger charge is 2.46. The number of rotatable bonds is 11. The molecule has 0 aliphatic rings. The van der Waals surface area contributed by atoms with Crippen LogP contribution in [0.3, 0.4) is 0 Å². The summed E-state index contributed by atoms with van der Waals surface area (Å²) in [7, 11) is -3.27. The zero-order valence-corrected chi connectivity index (χ0v) is 20.2. The topological polar surface area (TPSA) is 27.7 Å². The van der Waals surface area contributed by atoms with E-state index in [1.165, 1.54) is 36.4 Å². The van der Waals surface area contributed by atoms with Gasteiger partial charge in [0.25, 0.3) is 0 Å². The van der Waals surface area contributed by atoms with Gasteiger partial charge < -0.3 is 13.3 Å². The molecule has 0 amide bonds. The van der Waals surface area contributed by atoms with Gasteiger partial charge in [0, 0.05) is 19.8 Å². The van der Waals surface area contributed by atoms with Gasteiger partial charge in [-0.1, -0.05) is 42.3 Å². The van der Waals surface area contributed by atoms with Crippen molar-refractivity contribution >= 4 is 31.3 Å². The summed E-state index contributed by atoms with van der Waals surface area (Å²) >= 11 is 0. The van der Waals surface area contributed by atoms with E-state index in [4.69, 9.17) is 13.3 Å². The molecule has 0 radical (unpaired) electrons. The molecule has 0 atom stereocenters. The van der Waals surface area contributed by atoms with Gasteiger partial charge in [0.15, 0.2) is 0 Å². The molecule has 33 heavy (non-hydrogen) atoms. The van der Waals surface area contributed by atoms with Gasteiger partial charge in [-0.25, -0.2) is 13.2 Å². The predicted molar refractivity (Wildman–Crippen MR) is 129 cm³/mol. The molecular weight excluding hydrogens is 444 g/mol. The molecule has 3 rings (SSSR count). The summed E-state index contributed by atoms with van der Waals surface area (Å²) < 4.78 is 60.4. The van der Waals surface area contributed by atoms with Gasteiger partial charge in [-0.2, -0.15) is 16.4 Å². The summed E-state index contributed by atoms with van der Waals surface area (Å²) in [5, 5.41) is 0. The largest absolute Gasteiger partial charge is 0.465 e. The van der Waals surface area contributed by atoms with E-state index in [1.807, 2.05) is 20.8 Å². The van der Waals surface area contributed by atoms with E-state index in [9.17, 15) is 13.2 Å². The maximum absolute atomic E-state index is 13.9. The van der Waals surface area contributed by atoms with Crippen LogP contribution in [0.5, 0.6) is 0 Å². The lowest BCUT2D eigenvalue weighted by Crippen LogP contribution is -2.72. The smallest absolute Gasteiger partial charge is 0.376 e. The first-order chi connectivity index (χ1) is 15.9. The van der Waals surface area contributed by atoms with Gasteiger partial charge in [0.05, 0.1) is 6.15 Å². The van der Waals surface area contributed by atoms with E-state index in [2.05, 4.69) is 0 Å². The van der Waals surface area contributed by atoms with Crippen molar-refractivity contribution in [2.75, 3.05) is 19.8 Å². The van der Waals surface area contributed by atoms with Crippen molar-refractivity contribution in [1.82, 2.24) is 0 Å². The molecule has 0 fully saturated rings. The predicted octanol–water partition coefficient (Wildman–Crippen LogP) is 4.16. The Balaban J connectivity index is 2.35. The third kappa shape index (κ3) is 5.58. The molecule has 0 saturated heterocycles. The van der Waals surface area contributed by atoms with Crippen LogP contribution >= 0.6 is 0 Å². The molecule has 176 valence electrons. The maximum atomic E-state index is 13.9. The van der Waals surface area contributed by atoms with Crippen LogP contribution in [0.1, 0.15) is 20.8 Å². The van der Waals surface area contributed by atoms with E-state index < -0.39 is 15.0 Å². The quantitative estimate of drug-likeness (QED) is 0.392. The Labute approximate surface area is 194 Å². The summed E-state index contributed by atoms with van der Waals surface area (Å²) in [5.41, 5.74) is 2.39. The Bertz CT molecular complexity index is 887. The highest BCUT2D eigenvalue weighted by atomic mass is 28.4. The second-order valence-electron chi connectivity index (χ2n) is 7.89. The molecule has 0 heterocycles. The van der Waals surface area contributed by atoms with Crippen molar-refractivity contribution < 1.29 is 26.4 Å². The number of halogens is 3. The molecule has 0 bridgehead atoms. The number of hydrogen-bond acceptors (Lipinski definition) is 3. The fraction of sp³-hybridized carbons (Fsp3) is 0.280. The summed E-state index contributed by atoms with van der Waals surface area (Å²) in [6.45, 7) is 6.78. The molecule has 8 heteroatoms. The summed E-state index contributed by atoms with van der Waals surface area (Å²) in [4.78, 5) is 0. The Morgan fingerprint density at radius 3 is 1.06 bits per heavy atom. The van der Waals surface area contributed by atoms with Gasteiger partial charge in [0.2, 0.25) is 0 Å². The van der Waals surface area contributed by atoms with Crippen LogP contribution in [0.15, 0.2) is 72.8 Å². The molecular formula is C25H29BF3O3Si-. The van der Waals surface area contributed by atoms with Crippen LogP contribution in [-0.2, 0) is 13.3 Å². The Kier molecular flexibility index (Phi) is 8.53. The molecule has 3 aromatic rings. The minimum Gasteiger partial charge on any atom is -0.376 e. The molecule has 0 saturated carbocycles. The van der Waals surface area contributed by atoms with Crippen molar-refractivity contribution in [2.24, 2.45) is 0 Å². The second kappa shape index (κ2) is 11.2. The molecule has 0 aliphatic heterocycles. The van der Waals surface area contributed by atoms with E-state index in [0.29, 0.717) is 25.8 Å². The van der Waals surface area contributed by atoms with Gasteiger partial charge in [-0.15, -0.1) is 0 Å². The SMILES string of the molecule is CCO[Si](C[B-](c1ccc(F)cc1)(c1ccc(F)cc1)c1ccc(F)cc1)(OCC)OCC. The van der Waals surface area contributed by atoms with Crippen LogP contribution in [0, 0.1) is 17.5 Å². The van der Waals surface area contributed by atoms with E-state index in [-0.39, 0.29) is 17.5 Å². The zero-order valence-electron chi connectivity index (χ0n) is 19.2. The van der Waals surface area contributed by atoms with Crippen LogP contribution in [0.25, 0.3) is 0 Å². The van der Waals surface area contributed by atoms with E-state index in [1.54, 1.807) is 36.4 Å². The van der Waals surface area contributed by atoms with Crippen molar-refractivity contribution in [1.29, 1.82) is 0 Å². The fourth-order valence-electron chi connectivity index (χ4n) is 4.64. The third-order valence-electron chi connectivity index (χ3n) is 5.97. The fourth-order valence-corrected chi connectivity index (χ4v) is 8.02. The third-order valence-corrected chi connectivity index (χ3v) is 9.26. The van der Waals surface area contributed by atoms with Crippen molar-refractivity contribution in [3.8, 4) is 0 Å². The standard InChI is InChI=1S/C25H29BF3O3Si/c1-4-30-33(31-5-2,32-6-3)19-26(20-7-13-23(27)14-8-20,21-9-15-24(28)16-10-21)22-11-17-25(29)18-12-22/h7-18H,4-6,19H2,1-3H3/q-1. The molecule has 0 spiro atoms. The van der Waals surface area contributed by atoms with Crippen LogP contribution < -0.4 is 16.4 Å². The molecule has 0 N–H and O–H groups in total. The second-order valence-corrected chi connectivity index (χ2v) is 10.5. The first-order valence-electron chi connectivity index (χ1n) is 11.3. The van der Waals surface area contributed by atoms with Gasteiger partial charge >= 0.3 is 8.80 Å². The molecule has 3 aromatic carbocycles. The normalized spacial score (nSPS) is 12.2. The Morgan fingerprint density at radius 2 is 0.818 bits per heavy atom. The maximum Gasteiger partial charge on any atom is 0.465 e. The van der Waals surface area contributed by atoms with Crippen LogP contribution in [0.4, 0.5) is 13.2 Å². The monoisotopic (exact) mass is 473 g/mol. The van der Waals surface area contributed by atoms with Crippen LogP contribution in [-0.4, -0.2) is 34.8 Å². The van der Waals surface area contributed by atoms with Gasteiger partial charge in [-0.3, -0.25) is 0 Å². The van der Waals surface area contributed by atoms with Crippen LogP contribution in [0.2, 0.25) is 5.94 Å². The molecule has 0 unspecified atom stereocenters. The van der Waals surface area contributed by atoms with E-state index >= 15 is 0 Å². The van der Waals surface area contributed by atoms with Gasteiger partial charge in [-0.05, 0) is 57.2 Å². The average molecular weight is 473 g/mol. The highest BCUT2D eigenvalue weighted by Crippen LogP contribution is 2.25. The number of benzene rings is 3. The Morgan fingerprint density at radius 1 is 0.545 bits per heavy atom. The van der Waals surface area contributed by atoms with E-state index in [0.717, 1.165) is 16.4 Å². The average Bonchev–Trinajstić information content (AvgIpc) is 2.80. The summed E-state index contributed by atoms with van der Waals surface area (Å²) in [6.07, 6.45) is -1.91. The lowest BCUT2D eigenvalue weighted by Gasteiger charge is -2.47. The molecule has 0 aliphatic carbocycles. The van der Waals surface area contributed by atoms with Crippen molar-refractivity contribution in [3.05, 3.63) is 90.2 Å². The van der Waals surface area contributed by atoms with Crippen molar-refractivity contribution in [2.45, 2.75) is 26.7 Å². The highest BCUT2D eigenvalue weighted by molar-refractivity contribution is 7.15. The first-order valence-corrected chi connectivity index (χ1v) is 13.2. The molecule has 0 aromatic heterocycles. The van der Waals surface area contributed by atoms with Gasteiger partial charge in [0.1, 0.15) is 17.5 Å². The lowest BCUT2D eigenvalue weighted by molar-refractivity contribution is 0.0757. The Hall–Kier alpha value is -2.39. The zero-order chi connectivity index (χ0) is 23.9. The lowest BCUT2D eigenvalue weighted by atomic mass is 9.17. The first kappa shape index (κ1) is 25.2. The van der Waals surface area contributed by atoms with Crippen molar-refractivity contribution in [3.63, 3.8) is 0 Å². The minimum atomic E-state index is -3.27. The summed E-state index contributed by atoms with van der Waals surface area (Å²) in [6, 6.07) is 18.6. The summed E-state index contributed by atoms with van der Waals surface area (Å²) in [5.74, 6) is -0.787. The number of hydrogen-bond donors (Lipinski definition) is 0. The minimum absolute atomic E-state index is 0.325.